The minimum atomic E-state index is 0.133. The molecule has 0 unspecified atom stereocenters. The first kappa shape index (κ1) is 13.2. The molecule has 0 saturated carbocycles. The summed E-state index contributed by atoms with van der Waals surface area (Å²) >= 11 is 0. The number of carbonyl (C=O) groups is 2. The van der Waals surface area contributed by atoms with Gasteiger partial charge in [-0.05, 0) is 18.4 Å². The molecule has 19 heavy (non-hydrogen) atoms. The molecule has 2 heteroatoms. The van der Waals surface area contributed by atoms with Crippen LogP contribution in [0.3, 0.4) is 0 Å². The Morgan fingerprint density at radius 2 is 1.63 bits per heavy atom. The minimum absolute atomic E-state index is 0.133. The van der Waals surface area contributed by atoms with Crippen LogP contribution in [0.5, 0.6) is 0 Å². The molecule has 0 aromatic heterocycles. The molecule has 0 radical (unpaired) electrons. The second kappa shape index (κ2) is 6.64. The predicted molar refractivity (Wildman–Crippen MR) is 75.5 cm³/mol. The molecule has 0 saturated heterocycles. The van der Waals surface area contributed by atoms with Crippen molar-refractivity contribution in [3.63, 3.8) is 0 Å². The maximum Gasteiger partial charge on any atom is 0.162 e. The number of aryl methyl sites for hydroxylation is 1. The lowest BCUT2D eigenvalue weighted by Gasteiger charge is -2.02. The first-order chi connectivity index (χ1) is 9.29. The van der Waals surface area contributed by atoms with Gasteiger partial charge in [0, 0.05) is 17.5 Å². The Morgan fingerprint density at radius 3 is 2.26 bits per heavy atom. The molecule has 0 fully saturated rings. The lowest BCUT2D eigenvalue weighted by atomic mass is 10.0. The molecule has 0 atom stereocenters. The number of hydrogen-bond donors (Lipinski definition) is 0. The average molecular weight is 252 g/mol. The summed E-state index contributed by atoms with van der Waals surface area (Å²) in [5.41, 5.74) is 2.53. The molecule has 0 aliphatic carbocycles. The quantitative estimate of drug-likeness (QED) is 0.580. The van der Waals surface area contributed by atoms with Crippen LogP contribution in [-0.4, -0.2) is 12.1 Å². The van der Waals surface area contributed by atoms with Crippen LogP contribution in [0.25, 0.3) is 0 Å². The molecule has 2 rings (SSSR count). The van der Waals surface area contributed by atoms with Gasteiger partial charge in [0.25, 0.3) is 0 Å². The monoisotopic (exact) mass is 252 g/mol. The van der Waals surface area contributed by atoms with Crippen molar-refractivity contribution in [2.24, 2.45) is 0 Å². The van der Waals surface area contributed by atoms with E-state index >= 15 is 0 Å². The molecule has 2 aromatic carbocycles. The molecular weight excluding hydrogens is 236 g/mol. The third kappa shape index (κ3) is 3.88. The molecule has 0 bridgehead atoms. The van der Waals surface area contributed by atoms with E-state index in [1.165, 1.54) is 5.56 Å². The number of carbonyl (C=O) groups excluding carboxylic acids is 2. The molecule has 2 aromatic rings. The number of rotatable bonds is 6. The van der Waals surface area contributed by atoms with Crippen molar-refractivity contribution in [3.8, 4) is 0 Å². The third-order valence-electron chi connectivity index (χ3n) is 3.08. The Labute approximate surface area is 113 Å². The van der Waals surface area contributed by atoms with E-state index in [9.17, 15) is 9.59 Å². The van der Waals surface area contributed by atoms with E-state index in [0.29, 0.717) is 17.5 Å². The van der Waals surface area contributed by atoms with E-state index in [4.69, 9.17) is 0 Å². The van der Waals surface area contributed by atoms with Gasteiger partial charge in [-0.15, -0.1) is 0 Å². The van der Waals surface area contributed by atoms with E-state index in [2.05, 4.69) is 12.1 Å². The Bertz CT molecular complexity index is 541. The average Bonchev–Trinajstić information content (AvgIpc) is 2.48. The van der Waals surface area contributed by atoms with E-state index < -0.39 is 0 Å². The molecule has 0 N–H and O–H groups in total. The van der Waals surface area contributed by atoms with Crippen LogP contribution in [0.2, 0.25) is 0 Å². The van der Waals surface area contributed by atoms with Crippen LogP contribution >= 0.6 is 0 Å². The highest BCUT2D eigenvalue weighted by Crippen LogP contribution is 2.10. The number of Topliss-reactive ketones (excluding diaryl/α,β-unsaturated/α-hetero) is 1. The Balaban J connectivity index is 1.85. The molecule has 0 heterocycles. The topological polar surface area (TPSA) is 34.1 Å². The first-order valence-electron chi connectivity index (χ1n) is 6.42. The molecule has 0 spiro atoms. The lowest BCUT2D eigenvalue weighted by Crippen LogP contribution is -2.00. The normalized spacial score (nSPS) is 10.1. The summed E-state index contributed by atoms with van der Waals surface area (Å²) in [6.45, 7) is 0. The summed E-state index contributed by atoms with van der Waals surface area (Å²) in [5.74, 6) is 0.133. The van der Waals surface area contributed by atoms with Crippen LogP contribution in [0, 0.1) is 0 Å². The fourth-order valence-corrected chi connectivity index (χ4v) is 1.99. The molecule has 0 aliphatic rings. The summed E-state index contributed by atoms with van der Waals surface area (Å²) < 4.78 is 0. The zero-order chi connectivity index (χ0) is 13.5. The lowest BCUT2D eigenvalue weighted by molar-refractivity contribution is 0.0979. The van der Waals surface area contributed by atoms with Crippen molar-refractivity contribution < 1.29 is 9.59 Å². The largest absolute Gasteiger partial charge is 0.298 e. The number of benzene rings is 2. The van der Waals surface area contributed by atoms with Gasteiger partial charge in [0.1, 0.15) is 6.29 Å². The molecule has 0 amide bonds. The Kier molecular flexibility index (Phi) is 4.62. The summed E-state index contributed by atoms with van der Waals surface area (Å²) in [6, 6.07) is 16.9. The fraction of sp³-hybridized carbons (Fsp3) is 0.176. The highest BCUT2D eigenvalue weighted by Gasteiger charge is 2.05. The van der Waals surface area contributed by atoms with Crippen molar-refractivity contribution in [1.82, 2.24) is 0 Å². The van der Waals surface area contributed by atoms with Crippen molar-refractivity contribution in [1.29, 1.82) is 0 Å². The second-order valence-corrected chi connectivity index (χ2v) is 4.50. The smallest absolute Gasteiger partial charge is 0.162 e. The molecule has 2 nitrogen and oxygen atoms in total. The van der Waals surface area contributed by atoms with Crippen molar-refractivity contribution in [2.75, 3.05) is 0 Å². The van der Waals surface area contributed by atoms with Gasteiger partial charge in [-0.3, -0.25) is 9.59 Å². The van der Waals surface area contributed by atoms with Gasteiger partial charge in [0.05, 0.1) is 0 Å². The summed E-state index contributed by atoms with van der Waals surface area (Å²) in [6.07, 6.45) is 3.08. The summed E-state index contributed by atoms with van der Waals surface area (Å²) in [7, 11) is 0. The van der Waals surface area contributed by atoms with Crippen LogP contribution < -0.4 is 0 Å². The third-order valence-corrected chi connectivity index (χ3v) is 3.08. The van der Waals surface area contributed by atoms with E-state index in [-0.39, 0.29) is 5.78 Å². The molecule has 0 aliphatic heterocycles. The predicted octanol–water partition coefficient (Wildman–Crippen LogP) is 3.70. The maximum absolute atomic E-state index is 11.9. The highest BCUT2D eigenvalue weighted by atomic mass is 16.1. The number of hydrogen-bond acceptors (Lipinski definition) is 2. The van der Waals surface area contributed by atoms with Crippen LogP contribution in [0.15, 0.2) is 54.6 Å². The SMILES string of the molecule is O=Cc1ccc(C(=O)CCCc2ccccc2)cc1. The number of aldehydes is 1. The van der Waals surface area contributed by atoms with E-state index in [1.807, 2.05) is 18.2 Å². The zero-order valence-corrected chi connectivity index (χ0v) is 10.7. The molecule has 96 valence electrons. The minimum Gasteiger partial charge on any atom is -0.298 e. The Hall–Kier alpha value is -2.22. The standard InChI is InChI=1S/C17H16O2/c18-13-15-9-11-16(12-10-15)17(19)8-4-7-14-5-2-1-3-6-14/h1-3,5-6,9-13H,4,7-8H2. The van der Waals surface area contributed by atoms with Crippen LogP contribution in [-0.2, 0) is 6.42 Å². The van der Waals surface area contributed by atoms with Crippen LogP contribution in [0.4, 0.5) is 0 Å². The van der Waals surface area contributed by atoms with Gasteiger partial charge in [-0.1, -0.05) is 54.6 Å². The second-order valence-electron chi connectivity index (χ2n) is 4.50. The van der Waals surface area contributed by atoms with Gasteiger partial charge < -0.3 is 0 Å². The van der Waals surface area contributed by atoms with Crippen LogP contribution in [0.1, 0.15) is 39.1 Å². The van der Waals surface area contributed by atoms with Crippen molar-refractivity contribution in [2.45, 2.75) is 19.3 Å². The van der Waals surface area contributed by atoms with Gasteiger partial charge in [-0.25, -0.2) is 0 Å². The van der Waals surface area contributed by atoms with Gasteiger partial charge in [0.15, 0.2) is 5.78 Å². The molecular formula is C17H16O2. The summed E-state index contributed by atoms with van der Waals surface area (Å²) in [5, 5.41) is 0. The Morgan fingerprint density at radius 1 is 0.947 bits per heavy atom. The summed E-state index contributed by atoms with van der Waals surface area (Å²) in [4.78, 5) is 22.5. The highest BCUT2D eigenvalue weighted by molar-refractivity contribution is 5.96. The first-order valence-corrected chi connectivity index (χ1v) is 6.42. The van der Waals surface area contributed by atoms with Crippen molar-refractivity contribution in [3.05, 3.63) is 71.3 Å². The van der Waals surface area contributed by atoms with Gasteiger partial charge in [0.2, 0.25) is 0 Å². The number of ketones is 1. The van der Waals surface area contributed by atoms with Gasteiger partial charge in [-0.2, -0.15) is 0 Å². The van der Waals surface area contributed by atoms with Crippen molar-refractivity contribution >= 4 is 12.1 Å². The van der Waals surface area contributed by atoms with E-state index in [1.54, 1.807) is 24.3 Å². The van der Waals surface area contributed by atoms with E-state index in [0.717, 1.165) is 19.1 Å². The van der Waals surface area contributed by atoms with Gasteiger partial charge >= 0.3 is 0 Å². The fourth-order valence-electron chi connectivity index (χ4n) is 1.99. The zero-order valence-electron chi connectivity index (χ0n) is 10.7. The maximum atomic E-state index is 11.9.